The van der Waals surface area contributed by atoms with E-state index in [1.807, 2.05) is 24.3 Å². The number of benzene rings is 1. The first-order chi connectivity index (χ1) is 18.5. The first kappa shape index (κ1) is 35.5. The molecule has 1 aromatic rings. The van der Waals surface area contributed by atoms with Crippen LogP contribution in [0.2, 0.25) is 0 Å². The standard InChI is InChI=1S/C18H26N2O3.C12H18.C2H4O2/c1-14(2)15-6-8-16(9-7-15)17(18(23)20-11-12-21)5-3-4-10-19-13-22;1-5-12-7-6-9(2)11(4)10(3)8-12;1-2(3)4/h6-9,12-14,17H,3-5,10-11H2,1-2H3,(H,19,22)(H,20,23);7-8H,5-6H2,1-4H3;1H3,(H,3,4). The fourth-order valence-electron chi connectivity index (χ4n) is 3.93. The van der Waals surface area contributed by atoms with Crippen LogP contribution in [-0.2, 0) is 19.2 Å². The summed E-state index contributed by atoms with van der Waals surface area (Å²) in [6.07, 6.45) is 10.6. The smallest absolute Gasteiger partial charge is 0.300 e. The highest BCUT2D eigenvalue weighted by atomic mass is 16.4. The van der Waals surface area contributed by atoms with Crippen molar-refractivity contribution in [3.8, 4) is 0 Å². The van der Waals surface area contributed by atoms with Crippen LogP contribution in [-0.4, -0.2) is 42.8 Å². The molecule has 1 atom stereocenters. The summed E-state index contributed by atoms with van der Waals surface area (Å²) in [5.74, 6) is -0.786. The summed E-state index contributed by atoms with van der Waals surface area (Å²) < 4.78 is 0. The van der Waals surface area contributed by atoms with Gasteiger partial charge >= 0.3 is 0 Å². The van der Waals surface area contributed by atoms with Gasteiger partial charge in [-0.15, -0.1) is 0 Å². The van der Waals surface area contributed by atoms with Crippen LogP contribution in [0.25, 0.3) is 0 Å². The van der Waals surface area contributed by atoms with Crippen molar-refractivity contribution in [3.63, 3.8) is 0 Å². The van der Waals surface area contributed by atoms with Crippen LogP contribution < -0.4 is 10.6 Å². The largest absolute Gasteiger partial charge is 0.481 e. The molecule has 3 N–H and O–H groups in total. The molecule has 0 aromatic heterocycles. The maximum atomic E-state index is 12.3. The lowest BCUT2D eigenvalue weighted by Gasteiger charge is -2.17. The van der Waals surface area contributed by atoms with E-state index in [2.05, 4.69) is 64.3 Å². The third kappa shape index (κ3) is 15.5. The summed E-state index contributed by atoms with van der Waals surface area (Å²) in [6, 6.07) is 8.08. The number of carboxylic acids is 1. The van der Waals surface area contributed by atoms with Gasteiger partial charge in [0.2, 0.25) is 12.3 Å². The van der Waals surface area contributed by atoms with Crippen LogP contribution in [0.5, 0.6) is 0 Å². The zero-order valence-corrected chi connectivity index (χ0v) is 24.8. The van der Waals surface area contributed by atoms with E-state index >= 15 is 0 Å². The number of nitrogens with one attached hydrogen (secondary N) is 2. The Morgan fingerprint density at radius 3 is 2.13 bits per heavy atom. The number of rotatable bonds is 12. The molecule has 1 aliphatic rings. The van der Waals surface area contributed by atoms with Crippen molar-refractivity contribution in [1.82, 2.24) is 10.6 Å². The van der Waals surface area contributed by atoms with Crippen LogP contribution >= 0.6 is 0 Å². The number of carbonyl (C=O) groups is 4. The lowest BCUT2D eigenvalue weighted by molar-refractivity contribution is -0.134. The monoisotopic (exact) mass is 540 g/mol. The Bertz CT molecular complexity index is 1000. The molecule has 39 heavy (non-hydrogen) atoms. The SMILES string of the molecule is CC(=O)O.CC(C)c1ccc(C(CCCCNC=O)C(=O)NCC=O)cc1.CCC1=CCC(C)=C(C)C(C)=C1. The number of hydrogen-bond donors (Lipinski definition) is 3. The minimum Gasteiger partial charge on any atom is -0.481 e. The van der Waals surface area contributed by atoms with Gasteiger partial charge in [0.05, 0.1) is 12.5 Å². The maximum Gasteiger partial charge on any atom is 0.300 e. The fraction of sp³-hybridized carbons (Fsp3) is 0.500. The van der Waals surface area contributed by atoms with Crippen molar-refractivity contribution in [2.24, 2.45) is 0 Å². The Morgan fingerprint density at radius 2 is 1.62 bits per heavy atom. The molecule has 0 bridgehead atoms. The fourth-order valence-corrected chi connectivity index (χ4v) is 3.93. The number of amides is 2. The molecule has 0 spiro atoms. The zero-order valence-electron chi connectivity index (χ0n) is 24.8. The quantitative estimate of drug-likeness (QED) is 0.215. The average Bonchev–Trinajstić information content (AvgIpc) is 3.02. The third-order valence-electron chi connectivity index (χ3n) is 6.54. The summed E-state index contributed by atoms with van der Waals surface area (Å²) in [6.45, 7) is 14.8. The molecular formula is C32H48N2O5. The predicted molar refractivity (Wildman–Crippen MR) is 159 cm³/mol. The van der Waals surface area contributed by atoms with E-state index in [4.69, 9.17) is 9.90 Å². The number of aliphatic carboxylic acids is 1. The number of carbonyl (C=O) groups excluding carboxylic acids is 3. The van der Waals surface area contributed by atoms with Crippen LogP contribution in [0, 0.1) is 0 Å². The molecule has 7 heteroatoms. The second kappa shape index (κ2) is 20.5. The van der Waals surface area contributed by atoms with Crippen molar-refractivity contribution in [2.45, 2.75) is 92.4 Å². The van der Waals surface area contributed by atoms with Gasteiger partial charge in [-0.3, -0.25) is 14.4 Å². The minimum atomic E-state index is -0.833. The predicted octanol–water partition coefficient (Wildman–Crippen LogP) is 6.23. The zero-order chi connectivity index (χ0) is 29.8. The highest BCUT2D eigenvalue weighted by molar-refractivity contribution is 5.85. The molecule has 0 fully saturated rings. The van der Waals surface area contributed by atoms with E-state index in [0.29, 0.717) is 31.6 Å². The van der Waals surface area contributed by atoms with Crippen LogP contribution in [0.1, 0.15) is 104 Å². The Balaban J connectivity index is 0.000000748. The summed E-state index contributed by atoms with van der Waals surface area (Å²) >= 11 is 0. The maximum absolute atomic E-state index is 12.3. The topological polar surface area (TPSA) is 113 Å². The van der Waals surface area contributed by atoms with Gasteiger partial charge in [-0.25, -0.2) is 0 Å². The Hall–Kier alpha value is -3.48. The number of unbranched alkanes of at least 4 members (excludes halogenated alkanes) is 1. The number of hydrogen-bond acceptors (Lipinski definition) is 4. The van der Waals surface area contributed by atoms with Crippen molar-refractivity contribution in [3.05, 3.63) is 69.8 Å². The van der Waals surface area contributed by atoms with Crippen molar-refractivity contribution >= 4 is 24.6 Å². The summed E-state index contributed by atoms with van der Waals surface area (Å²) in [4.78, 5) is 42.0. The average molecular weight is 541 g/mol. The van der Waals surface area contributed by atoms with Crippen molar-refractivity contribution < 1.29 is 24.3 Å². The van der Waals surface area contributed by atoms with Gasteiger partial charge in [0, 0.05) is 13.5 Å². The van der Waals surface area contributed by atoms with Crippen LogP contribution in [0.15, 0.2) is 58.7 Å². The Labute approximate surface area is 234 Å². The van der Waals surface area contributed by atoms with Crippen LogP contribution in [0.4, 0.5) is 0 Å². The molecule has 0 radical (unpaired) electrons. The molecule has 0 aliphatic heterocycles. The molecule has 1 aromatic carbocycles. The molecule has 2 rings (SSSR count). The lowest BCUT2D eigenvalue weighted by atomic mass is 9.90. The van der Waals surface area contributed by atoms with Gasteiger partial charge in [-0.05, 0) is 74.6 Å². The highest BCUT2D eigenvalue weighted by Crippen LogP contribution is 2.25. The number of aldehydes is 1. The molecule has 0 heterocycles. The van der Waals surface area contributed by atoms with Gasteiger partial charge in [0.25, 0.3) is 5.97 Å². The Morgan fingerprint density at radius 1 is 1.03 bits per heavy atom. The van der Waals surface area contributed by atoms with E-state index in [-0.39, 0.29) is 18.4 Å². The molecule has 7 nitrogen and oxygen atoms in total. The third-order valence-corrected chi connectivity index (χ3v) is 6.54. The number of allylic oxidation sites excluding steroid dienone is 6. The molecule has 2 amide bonds. The first-order valence-corrected chi connectivity index (χ1v) is 13.7. The molecule has 216 valence electrons. The van der Waals surface area contributed by atoms with Gasteiger partial charge in [0.15, 0.2) is 0 Å². The second-order valence-corrected chi connectivity index (χ2v) is 9.94. The minimum absolute atomic E-state index is 0.0338. The molecular weight excluding hydrogens is 492 g/mol. The first-order valence-electron chi connectivity index (χ1n) is 13.7. The van der Waals surface area contributed by atoms with Crippen LogP contribution in [0.3, 0.4) is 0 Å². The molecule has 1 aliphatic carbocycles. The van der Waals surface area contributed by atoms with E-state index < -0.39 is 5.97 Å². The van der Waals surface area contributed by atoms with Crippen molar-refractivity contribution in [1.29, 1.82) is 0 Å². The molecule has 0 saturated heterocycles. The van der Waals surface area contributed by atoms with Gasteiger partial charge in [-0.2, -0.15) is 0 Å². The van der Waals surface area contributed by atoms with Crippen molar-refractivity contribution in [2.75, 3.05) is 13.1 Å². The normalized spacial score (nSPS) is 13.3. The van der Waals surface area contributed by atoms with Gasteiger partial charge in [-0.1, -0.05) is 74.8 Å². The summed E-state index contributed by atoms with van der Waals surface area (Å²) in [5, 5.41) is 12.7. The summed E-state index contributed by atoms with van der Waals surface area (Å²) in [5.41, 5.74) is 8.07. The lowest BCUT2D eigenvalue weighted by Crippen LogP contribution is -2.31. The Kier molecular flexibility index (Phi) is 18.7. The second-order valence-electron chi connectivity index (χ2n) is 9.94. The van der Waals surface area contributed by atoms with E-state index in [9.17, 15) is 14.4 Å². The van der Waals surface area contributed by atoms with E-state index in [1.54, 1.807) is 0 Å². The summed E-state index contributed by atoms with van der Waals surface area (Å²) in [7, 11) is 0. The van der Waals surface area contributed by atoms with Gasteiger partial charge in [0.1, 0.15) is 6.29 Å². The molecule has 1 unspecified atom stereocenters. The van der Waals surface area contributed by atoms with Gasteiger partial charge < -0.3 is 20.5 Å². The highest BCUT2D eigenvalue weighted by Gasteiger charge is 2.20. The number of carboxylic acid groups (broad SMARTS) is 1. The molecule has 0 saturated carbocycles. The van der Waals surface area contributed by atoms with E-state index in [1.165, 1.54) is 27.9 Å². The van der Waals surface area contributed by atoms with E-state index in [0.717, 1.165) is 38.2 Å².